The van der Waals surface area contributed by atoms with Gasteiger partial charge in [-0.05, 0) is 25.8 Å². The first-order valence-corrected chi connectivity index (χ1v) is 7.73. The lowest BCUT2D eigenvalue weighted by molar-refractivity contribution is -0.144. The number of rotatable bonds is 5. The molecule has 0 spiro atoms. The number of carboxylic acids is 1. The van der Waals surface area contributed by atoms with Crippen LogP contribution < -0.4 is 4.74 Å². The number of ether oxygens (including phenoxy) is 1. The monoisotopic (exact) mass is 332 g/mol. The molecule has 1 aliphatic rings. The first-order chi connectivity index (χ1) is 9.95. The number of hydrogen-bond donors (Lipinski definition) is 2. The highest BCUT2D eigenvalue weighted by Gasteiger charge is 2.38. The van der Waals surface area contributed by atoms with E-state index in [0.717, 1.165) is 6.42 Å². The fraction of sp³-hybridized carbons (Fsp3) is 0.533. The molecule has 2 N–H and O–H groups in total. The number of aliphatic carboxylic acids is 1. The zero-order valence-corrected chi connectivity index (χ0v) is 13.2. The van der Waals surface area contributed by atoms with Crippen molar-refractivity contribution in [2.24, 2.45) is 11.8 Å². The van der Waals surface area contributed by atoms with Gasteiger partial charge >= 0.3 is 5.97 Å². The van der Waals surface area contributed by atoms with Gasteiger partial charge < -0.3 is 14.9 Å². The zero-order valence-electron chi connectivity index (χ0n) is 11.7. The minimum atomic E-state index is -0.936. The van der Waals surface area contributed by atoms with Crippen LogP contribution in [-0.2, 0) is 4.79 Å². The van der Waals surface area contributed by atoms with Crippen LogP contribution in [0, 0.1) is 11.8 Å². The fourth-order valence-corrected chi connectivity index (χ4v) is 3.43. The Labute approximate surface area is 133 Å². The predicted octanol–water partition coefficient (Wildman–Crippen LogP) is 3.93. The third-order valence-corrected chi connectivity index (χ3v) is 4.58. The lowest BCUT2D eigenvalue weighted by Gasteiger charge is -2.24. The fourth-order valence-electron chi connectivity index (χ4n) is 2.94. The Bertz CT molecular complexity index is 533. The summed E-state index contributed by atoms with van der Waals surface area (Å²) in [7, 11) is 0. The summed E-state index contributed by atoms with van der Waals surface area (Å²) in [5, 5.41) is 20.4. The number of carboxylic acid groups (broad SMARTS) is 1. The van der Waals surface area contributed by atoms with Gasteiger partial charge in [0.1, 0.15) is 5.75 Å². The van der Waals surface area contributed by atoms with Crippen LogP contribution in [0.2, 0.25) is 10.0 Å². The van der Waals surface area contributed by atoms with Crippen molar-refractivity contribution in [2.75, 3.05) is 6.61 Å². The molecule has 0 heterocycles. The molecule has 21 heavy (non-hydrogen) atoms. The molecule has 6 heteroatoms. The summed E-state index contributed by atoms with van der Waals surface area (Å²) in [6.07, 6.45) is 1.11. The molecule has 0 amide bonds. The molecular weight excluding hydrogens is 315 g/mol. The van der Waals surface area contributed by atoms with Crippen LogP contribution in [0.1, 0.15) is 37.9 Å². The van der Waals surface area contributed by atoms with Gasteiger partial charge in [-0.2, -0.15) is 0 Å². The Balaban J connectivity index is 2.28. The van der Waals surface area contributed by atoms with E-state index in [2.05, 4.69) is 0 Å². The third-order valence-electron chi connectivity index (χ3n) is 3.96. The number of benzene rings is 1. The molecule has 0 aliphatic heterocycles. The summed E-state index contributed by atoms with van der Waals surface area (Å²) < 4.78 is 5.34. The minimum absolute atomic E-state index is 0.339. The highest BCUT2D eigenvalue weighted by Crippen LogP contribution is 2.44. The summed E-state index contributed by atoms with van der Waals surface area (Å²) in [4.78, 5) is 11.2. The second-order valence-electron chi connectivity index (χ2n) is 5.22. The molecule has 3 atom stereocenters. The summed E-state index contributed by atoms with van der Waals surface area (Å²) >= 11 is 12.3. The van der Waals surface area contributed by atoms with E-state index < -0.39 is 18.0 Å². The van der Waals surface area contributed by atoms with Crippen LogP contribution >= 0.6 is 23.2 Å². The molecule has 0 bridgehead atoms. The molecule has 2 rings (SSSR count). The first kappa shape index (κ1) is 16.4. The molecule has 3 unspecified atom stereocenters. The third kappa shape index (κ3) is 3.44. The quantitative estimate of drug-likeness (QED) is 0.857. The molecule has 1 saturated carbocycles. The van der Waals surface area contributed by atoms with Gasteiger partial charge in [0.2, 0.25) is 0 Å². The average molecular weight is 333 g/mol. The largest absolute Gasteiger partial charge is 0.492 e. The van der Waals surface area contributed by atoms with Crippen molar-refractivity contribution in [3.63, 3.8) is 0 Å². The van der Waals surface area contributed by atoms with Crippen molar-refractivity contribution in [1.82, 2.24) is 0 Å². The van der Waals surface area contributed by atoms with Crippen LogP contribution in [0.25, 0.3) is 0 Å². The van der Waals surface area contributed by atoms with Gasteiger partial charge in [-0.1, -0.05) is 29.6 Å². The molecule has 0 saturated heterocycles. The summed E-state index contributed by atoms with van der Waals surface area (Å²) in [6, 6.07) is 3.13. The maximum absolute atomic E-state index is 11.2. The number of halogens is 2. The summed E-state index contributed by atoms with van der Waals surface area (Å²) in [5.41, 5.74) is 0.461. The first-order valence-electron chi connectivity index (χ1n) is 6.98. The normalized spacial score (nSPS) is 23.0. The summed E-state index contributed by atoms with van der Waals surface area (Å²) in [5.74, 6) is -1.29. The van der Waals surface area contributed by atoms with Crippen LogP contribution in [0.3, 0.4) is 0 Å². The molecular formula is C15H18Cl2O4. The molecule has 0 radical (unpaired) electrons. The van der Waals surface area contributed by atoms with Gasteiger partial charge in [0.25, 0.3) is 0 Å². The number of carbonyl (C=O) groups is 1. The Hall–Kier alpha value is -0.970. The van der Waals surface area contributed by atoms with Crippen LogP contribution in [0.15, 0.2) is 12.1 Å². The lowest BCUT2D eigenvalue weighted by atomic mass is 9.87. The Morgan fingerprint density at radius 1 is 1.38 bits per heavy atom. The van der Waals surface area contributed by atoms with Crippen molar-refractivity contribution in [3.05, 3.63) is 27.7 Å². The maximum atomic E-state index is 11.2. The molecule has 1 aromatic rings. The minimum Gasteiger partial charge on any atom is -0.492 e. The van der Waals surface area contributed by atoms with E-state index in [9.17, 15) is 15.0 Å². The smallest absolute Gasteiger partial charge is 0.306 e. The molecule has 1 aliphatic carbocycles. The second-order valence-corrected chi connectivity index (χ2v) is 6.04. The van der Waals surface area contributed by atoms with Gasteiger partial charge in [-0.25, -0.2) is 0 Å². The lowest BCUT2D eigenvalue weighted by Crippen LogP contribution is -2.24. The van der Waals surface area contributed by atoms with Crippen molar-refractivity contribution in [1.29, 1.82) is 0 Å². The zero-order chi connectivity index (χ0) is 15.6. The molecule has 4 nitrogen and oxygen atoms in total. The molecule has 116 valence electrons. The number of aliphatic hydroxyl groups excluding tert-OH is 1. The second kappa shape index (κ2) is 6.86. The average Bonchev–Trinajstić information content (AvgIpc) is 2.91. The van der Waals surface area contributed by atoms with Crippen molar-refractivity contribution >= 4 is 29.2 Å². The van der Waals surface area contributed by atoms with E-state index in [1.165, 1.54) is 0 Å². The topological polar surface area (TPSA) is 66.8 Å². The van der Waals surface area contributed by atoms with Crippen LogP contribution in [0.5, 0.6) is 5.75 Å². The Kier molecular flexibility index (Phi) is 5.36. The Morgan fingerprint density at radius 2 is 2.10 bits per heavy atom. The Morgan fingerprint density at radius 3 is 2.71 bits per heavy atom. The van der Waals surface area contributed by atoms with Gasteiger partial charge in [-0.3, -0.25) is 4.79 Å². The molecule has 1 aromatic carbocycles. The number of hydrogen-bond acceptors (Lipinski definition) is 3. The van der Waals surface area contributed by atoms with Gasteiger partial charge in [0.05, 0.1) is 28.7 Å². The van der Waals surface area contributed by atoms with E-state index in [1.807, 2.05) is 6.92 Å². The van der Waals surface area contributed by atoms with Gasteiger partial charge in [0.15, 0.2) is 0 Å². The molecule has 0 aromatic heterocycles. The predicted molar refractivity (Wildman–Crippen MR) is 81.1 cm³/mol. The highest BCUT2D eigenvalue weighted by atomic mass is 35.5. The van der Waals surface area contributed by atoms with Gasteiger partial charge in [-0.15, -0.1) is 0 Å². The standard InChI is InChI=1S/C15H18Cl2O4/c1-2-21-13-7-11(16)10(6-12(13)17)14(18)8-4-3-5-9(8)15(19)20/h6-9,14,18H,2-5H2,1H3,(H,19,20). The van der Waals surface area contributed by atoms with E-state index >= 15 is 0 Å². The van der Waals surface area contributed by atoms with Crippen LogP contribution in [0.4, 0.5) is 0 Å². The van der Waals surface area contributed by atoms with E-state index in [-0.39, 0.29) is 5.92 Å². The number of aliphatic hydroxyl groups is 1. The molecule has 1 fully saturated rings. The van der Waals surface area contributed by atoms with Crippen molar-refractivity contribution < 1.29 is 19.7 Å². The van der Waals surface area contributed by atoms with Gasteiger partial charge in [0, 0.05) is 17.5 Å². The van der Waals surface area contributed by atoms with Crippen molar-refractivity contribution in [3.8, 4) is 5.75 Å². The van der Waals surface area contributed by atoms with E-state index in [1.54, 1.807) is 12.1 Å². The highest BCUT2D eigenvalue weighted by molar-refractivity contribution is 6.34. The van der Waals surface area contributed by atoms with E-state index in [0.29, 0.717) is 40.8 Å². The van der Waals surface area contributed by atoms with E-state index in [4.69, 9.17) is 27.9 Å². The van der Waals surface area contributed by atoms with Crippen LogP contribution in [-0.4, -0.2) is 22.8 Å². The maximum Gasteiger partial charge on any atom is 0.306 e. The van der Waals surface area contributed by atoms with Crippen molar-refractivity contribution in [2.45, 2.75) is 32.3 Å². The SMILES string of the molecule is CCOc1cc(Cl)c(C(O)C2CCCC2C(=O)O)cc1Cl. The summed E-state index contributed by atoms with van der Waals surface area (Å²) in [6.45, 7) is 2.30.